The van der Waals surface area contributed by atoms with Crippen molar-refractivity contribution in [2.75, 3.05) is 23.3 Å². The van der Waals surface area contributed by atoms with Crippen LogP contribution in [0.15, 0.2) is 34.9 Å². The van der Waals surface area contributed by atoms with E-state index >= 15 is 0 Å². The van der Waals surface area contributed by atoms with Crippen molar-refractivity contribution in [1.82, 2.24) is 9.97 Å². The van der Waals surface area contributed by atoms with Crippen molar-refractivity contribution in [1.29, 1.82) is 0 Å². The van der Waals surface area contributed by atoms with Crippen LogP contribution < -0.4 is 10.2 Å². The summed E-state index contributed by atoms with van der Waals surface area (Å²) in [7, 11) is 0. The number of halogens is 1. The largest absolute Gasteiger partial charge is 0.356 e. The maximum atomic E-state index is 4.67. The molecule has 1 aromatic heterocycles. The highest BCUT2D eigenvalue weighted by Gasteiger charge is 2.17. The summed E-state index contributed by atoms with van der Waals surface area (Å²) >= 11 is 3.55. The Morgan fingerprint density at radius 1 is 1.32 bits per heavy atom. The van der Waals surface area contributed by atoms with Gasteiger partial charge >= 0.3 is 0 Å². The lowest BCUT2D eigenvalue weighted by Crippen LogP contribution is -2.34. The van der Waals surface area contributed by atoms with E-state index in [1.807, 2.05) is 24.4 Å². The summed E-state index contributed by atoms with van der Waals surface area (Å²) in [6, 6.07) is 8.16. The van der Waals surface area contributed by atoms with E-state index < -0.39 is 0 Å². The molecule has 2 heterocycles. The van der Waals surface area contributed by atoms with Crippen LogP contribution in [-0.2, 0) is 0 Å². The minimum absolute atomic E-state index is 0.645. The summed E-state index contributed by atoms with van der Waals surface area (Å²) in [6.45, 7) is 6.53. The number of piperidine rings is 1. The summed E-state index contributed by atoms with van der Waals surface area (Å²) in [5, 5.41) is 3.28. The van der Waals surface area contributed by atoms with Crippen molar-refractivity contribution < 1.29 is 0 Å². The average Bonchev–Trinajstić information content (AvgIpc) is 2.51. The smallest absolute Gasteiger partial charge is 0.229 e. The zero-order chi connectivity index (χ0) is 15.5. The molecule has 0 bridgehead atoms. The first-order valence-electron chi connectivity index (χ1n) is 7.73. The molecular formula is C17H21BrN4. The van der Waals surface area contributed by atoms with Crippen LogP contribution in [0.2, 0.25) is 0 Å². The van der Waals surface area contributed by atoms with E-state index in [1.165, 1.54) is 18.4 Å². The van der Waals surface area contributed by atoms with E-state index in [1.54, 1.807) is 0 Å². The fourth-order valence-corrected chi connectivity index (χ4v) is 3.16. The zero-order valence-corrected chi connectivity index (χ0v) is 14.6. The third-order valence-electron chi connectivity index (χ3n) is 4.05. The lowest BCUT2D eigenvalue weighted by atomic mass is 10.0. The summed E-state index contributed by atoms with van der Waals surface area (Å²) in [4.78, 5) is 11.4. The van der Waals surface area contributed by atoms with Gasteiger partial charge in [-0.3, -0.25) is 0 Å². The third kappa shape index (κ3) is 3.58. The fourth-order valence-electron chi connectivity index (χ4n) is 2.78. The SMILES string of the molecule is Cc1ccc(Nc2nccc(N3CCCC(C)C3)n2)cc1Br. The molecule has 5 heteroatoms. The zero-order valence-electron chi connectivity index (χ0n) is 13.0. The first-order chi connectivity index (χ1) is 10.6. The van der Waals surface area contributed by atoms with Crippen molar-refractivity contribution >= 4 is 33.4 Å². The highest BCUT2D eigenvalue weighted by molar-refractivity contribution is 9.10. The van der Waals surface area contributed by atoms with Crippen molar-refractivity contribution in [2.24, 2.45) is 5.92 Å². The number of hydrogen-bond donors (Lipinski definition) is 1. The molecule has 4 nitrogen and oxygen atoms in total. The minimum atomic E-state index is 0.645. The molecule has 1 saturated heterocycles. The number of aryl methyl sites for hydroxylation is 1. The Labute approximate surface area is 140 Å². The van der Waals surface area contributed by atoms with E-state index in [0.29, 0.717) is 5.95 Å². The van der Waals surface area contributed by atoms with Crippen LogP contribution in [0.3, 0.4) is 0 Å². The van der Waals surface area contributed by atoms with Gasteiger partial charge in [0, 0.05) is 29.4 Å². The Morgan fingerprint density at radius 2 is 2.18 bits per heavy atom. The molecule has 22 heavy (non-hydrogen) atoms. The Morgan fingerprint density at radius 3 is 2.95 bits per heavy atom. The third-order valence-corrected chi connectivity index (χ3v) is 4.90. The van der Waals surface area contributed by atoms with Crippen LogP contribution >= 0.6 is 15.9 Å². The van der Waals surface area contributed by atoms with Gasteiger partial charge < -0.3 is 10.2 Å². The molecule has 1 N–H and O–H groups in total. The van der Waals surface area contributed by atoms with Gasteiger partial charge in [-0.15, -0.1) is 0 Å². The number of benzene rings is 1. The summed E-state index contributed by atoms with van der Waals surface area (Å²) < 4.78 is 1.08. The van der Waals surface area contributed by atoms with Crippen molar-refractivity contribution in [3.05, 3.63) is 40.5 Å². The number of nitrogens with zero attached hydrogens (tertiary/aromatic N) is 3. The molecule has 2 aromatic rings. The second-order valence-electron chi connectivity index (χ2n) is 6.02. The van der Waals surface area contributed by atoms with Crippen molar-refractivity contribution in [3.63, 3.8) is 0 Å². The number of rotatable bonds is 3. The highest BCUT2D eigenvalue weighted by Crippen LogP contribution is 2.24. The van der Waals surface area contributed by atoms with Crippen LogP contribution in [0.25, 0.3) is 0 Å². The van der Waals surface area contributed by atoms with Crippen molar-refractivity contribution in [2.45, 2.75) is 26.7 Å². The molecule has 116 valence electrons. The first-order valence-corrected chi connectivity index (χ1v) is 8.52. The Balaban J connectivity index is 1.77. The molecular weight excluding hydrogens is 340 g/mol. The number of nitrogens with one attached hydrogen (secondary N) is 1. The Hall–Kier alpha value is -1.62. The molecule has 1 aliphatic rings. The average molecular weight is 361 g/mol. The predicted molar refractivity (Wildman–Crippen MR) is 94.8 cm³/mol. The summed E-state index contributed by atoms with van der Waals surface area (Å²) in [6.07, 6.45) is 4.37. The van der Waals surface area contributed by atoms with Crippen LogP contribution in [0.1, 0.15) is 25.3 Å². The molecule has 0 aliphatic carbocycles. The second kappa shape index (κ2) is 6.65. The molecule has 0 spiro atoms. The molecule has 1 unspecified atom stereocenters. The quantitative estimate of drug-likeness (QED) is 0.872. The first kappa shape index (κ1) is 15.3. The normalized spacial score (nSPS) is 18.3. The standard InChI is InChI=1S/C17H21BrN4/c1-12-4-3-9-22(11-12)16-7-8-19-17(21-16)20-14-6-5-13(2)15(18)10-14/h5-8,10,12H,3-4,9,11H2,1-2H3,(H,19,20,21). The van der Waals surface area contributed by atoms with E-state index in [-0.39, 0.29) is 0 Å². The molecule has 1 atom stereocenters. The molecule has 1 aromatic carbocycles. The predicted octanol–water partition coefficient (Wildman–Crippen LogP) is 4.53. The van der Waals surface area contributed by atoms with Gasteiger partial charge in [0.1, 0.15) is 5.82 Å². The molecule has 0 amide bonds. The Kier molecular flexibility index (Phi) is 4.62. The Bertz CT molecular complexity index is 659. The van der Waals surface area contributed by atoms with Crippen LogP contribution in [0.4, 0.5) is 17.5 Å². The van der Waals surface area contributed by atoms with Gasteiger partial charge in [0.15, 0.2) is 0 Å². The van der Waals surface area contributed by atoms with Crippen LogP contribution in [-0.4, -0.2) is 23.1 Å². The summed E-state index contributed by atoms with van der Waals surface area (Å²) in [5.41, 5.74) is 2.20. The van der Waals surface area contributed by atoms with E-state index in [0.717, 1.165) is 35.0 Å². The van der Waals surface area contributed by atoms with Gasteiger partial charge in [-0.05, 0) is 49.4 Å². The topological polar surface area (TPSA) is 41.1 Å². The molecule has 1 fully saturated rings. The molecule has 3 rings (SSSR count). The van der Waals surface area contributed by atoms with Gasteiger partial charge in [-0.2, -0.15) is 4.98 Å². The van der Waals surface area contributed by atoms with E-state index in [4.69, 9.17) is 0 Å². The lowest BCUT2D eigenvalue weighted by Gasteiger charge is -2.31. The molecule has 0 saturated carbocycles. The van der Waals surface area contributed by atoms with Crippen LogP contribution in [0.5, 0.6) is 0 Å². The van der Waals surface area contributed by atoms with Gasteiger partial charge in [-0.1, -0.05) is 28.9 Å². The monoisotopic (exact) mass is 360 g/mol. The van der Waals surface area contributed by atoms with E-state index in [9.17, 15) is 0 Å². The number of anilines is 3. The van der Waals surface area contributed by atoms with Gasteiger partial charge in [0.2, 0.25) is 5.95 Å². The molecule has 0 radical (unpaired) electrons. The maximum absolute atomic E-state index is 4.67. The highest BCUT2D eigenvalue weighted by atomic mass is 79.9. The summed E-state index contributed by atoms with van der Waals surface area (Å²) in [5.74, 6) is 2.38. The number of hydrogen-bond acceptors (Lipinski definition) is 4. The van der Waals surface area contributed by atoms with Gasteiger partial charge in [0.05, 0.1) is 0 Å². The van der Waals surface area contributed by atoms with E-state index in [2.05, 4.69) is 56.0 Å². The number of aromatic nitrogens is 2. The maximum Gasteiger partial charge on any atom is 0.229 e. The van der Waals surface area contributed by atoms with Crippen LogP contribution in [0, 0.1) is 12.8 Å². The molecule has 1 aliphatic heterocycles. The minimum Gasteiger partial charge on any atom is -0.356 e. The fraction of sp³-hybridized carbons (Fsp3) is 0.412. The second-order valence-corrected chi connectivity index (χ2v) is 6.88. The lowest BCUT2D eigenvalue weighted by molar-refractivity contribution is 0.444. The van der Waals surface area contributed by atoms with Crippen molar-refractivity contribution in [3.8, 4) is 0 Å². The van der Waals surface area contributed by atoms with Gasteiger partial charge in [-0.25, -0.2) is 4.98 Å². The van der Waals surface area contributed by atoms with Gasteiger partial charge in [0.25, 0.3) is 0 Å².